The SMILES string of the molecule is CC1=C(C)C(C)C([Si](C)(C)[Si](C)(C)NC(C)(C)C)=C1C.[LiH].[LiH]. The van der Waals surface area contributed by atoms with Gasteiger partial charge >= 0.3 is 37.7 Å². The topological polar surface area (TPSA) is 12.0 Å². The van der Waals surface area contributed by atoms with Crippen LogP contribution in [0.1, 0.15) is 48.5 Å². The molecular formula is C17H37Li2NSi2. The summed E-state index contributed by atoms with van der Waals surface area (Å²) >= 11 is 0. The standard InChI is InChI=1S/C17H35NSi2.2Li.2H/c1-12-13(2)15(4)16(14(12)3)19(8,9)20(10,11)18-17(5,6)7;;;;/h14,18H,1-11H3;;;;. The fraction of sp³-hybridized carbons (Fsp3) is 0.765. The van der Waals surface area contributed by atoms with E-state index in [4.69, 9.17) is 0 Å². The van der Waals surface area contributed by atoms with E-state index in [1.54, 1.807) is 21.9 Å². The van der Waals surface area contributed by atoms with Crippen LogP contribution in [0.5, 0.6) is 0 Å². The van der Waals surface area contributed by atoms with E-state index in [1.165, 1.54) is 0 Å². The zero-order chi connectivity index (χ0) is 16.1. The fourth-order valence-electron chi connectivity index (χ4n) is 3.80. The van der Waals surface area contributed by atoms with Crippen molar-refractivity contribution in [3.63, 3.8) is 0 Å². The minimum atomic E-state index is -1.47. The van der Waals surface area contributed by atoms with Gasteiger partial charge in [0.1, 0.15) is 7.75 Å². The Kier molecular flexibility index (Phi) is 9.16. The van der Waals surface area contributed by atoms with Gasteiger partial charge in [0.2, 0.25) is 0 Å². The molecular weight excluding hydrogens is 288 g/mol. The third kappa shape index (κ3) is 4.79. The molecule has 1 nitrogen and oxygen atoms in total. The second kappa shape index (κ2) is 7.97. The summed E-state index contributed by atoms with van der Waals surface area (Å²) in [6, 6.07) is 0. The first kappa shape index (κ1) is 25.3. The zero-order valence-corrected chi connectivity index (χ0v) is 17.6. The Bertz CT molecular complexity index is 472. The summed E-state index contributed by atoms with van der Waals surface area (Å²) in [7, 11) is -2.92. The van der Waals surface area contributed by atoms with Gasteiger partial charge in [-0.05, 0) is 53.0 Å². The number of allylic oxidation sites excluding steroid dienone is 4. The van der Waals surface area contributed by atoms with Crippen LogP contribution in [0.3, 0.4) is 0 Å². The van der Waals surface area contributed by atoms with Crippen LogP contribution in [0, 0.1) is 5.92 Å². The van der Waals surface area contributed by atoms with Gasteiger partial charge in [-0.3, -0.25) is 0 Å². The van der Waals surface area contributed by atoms with Crippen molar-refractivity contribution in [1.29, 1.82) is 0 Å². The molecule has 0 saturated heterocycles. The van der Waals surface area contributed by atoms with E-state index in [-0.39, 0.29) is 43.3 Å². The second-order valence-corrected chi connectivity index (χ2v) is 23.5. The summed E-state index contributed by atoms with van der Waals surface area (Å²) in [5, 5.41) is 1.81. The number of rotatable bonds is 3. The first-order valence-electron chi connectivity index (χ1n) is 7.90. The van der Waals surface area contributed by atoms with Crippen molar-refractivity contribution in [2.75, 3.05) is 0 Å². The van der Waals surface area contributed by atoms with E-state index in [0.717, 1.165) is 0 Å². The van der Waals surface area contributed by atoms with Gasteiger partial charge in [-0.1, -0.05) is 49.5 Å². The Morgan fingerprint density at radius 2 is 1.27 bits per heavy atom. The predicted octanol–water partition coefficient (Wildman–Crippen LogP) is 3.91. The molecule has 1 N–H and O–H groups in total. The summed E-state index contributed by atoms with van der Waals surface area (Å²) < 4.78 is 0. The van der Waals surface area contributed by atoms with Gasteiger partial charge in [-0.25, -0.2) is 0 Å². The Balaban J connectivity index is 0. The third-order valence-corrected chi connectivity index (χ3v) is 22.8. The molecule has 0 spiro atoms. The quantitative estimate of drug-likeness (QED) is 0.776. The van der Waals surface area contributed by atoms with Crippen LogP contribution in [0.15, 0.2) is 21.9 Å². The van der Waals surface area contributed by atoms with Gasteiger partial charge in [-0.2, -0.15) is 0 Å². The predicted molar refractivity (Wildman–Crippen MR) is 112 cm³/mol. The molecule has 0 heterocycles. The number of nitrogens with one attached hydrogen (secondary N) is 1. The van der Waals surface area contributed by atoms with Crippen molar-refractivity contribution < 1.29 is 0 Å². The van der Waals surface area contributed by atoms with Crippen LogP contribution in [0.25, 0.3) is 0 Å². The molecule has 120 valence electrons. The monoisotopic (exact) mass is 325 g/mol. The molecule has 0 aromatic rings. The molecule has 1 aliphatic carbocycles. The molecule has 0 amide bonds. The summed E-state index contributed by atoms with van der Waals surface area (Å²) in [5.74, 6) is 0.658. The van der Waals surface area contributed by atoms with Crippen LogP contribution < -0.4 is 4.98 Å². The Hall–Kier alpha value is 1.07. The second-order valence-electron chi connectivity index (χ2n) is 8.69. The summed E-state index contributed by atoms with van der Waals surface area (Å²) in [6.45, 7) is 26.6. The molecule has 0 fully saturated rings. The van der Waals surface area contributed by atoms with Crippen molar-refractivity contribution in [3.05, 3.63) is 21.9 Å². The van der Waals surface area contributed by atoms with E-state index >= 15 is 0 Å². The van der Waals surface area contributed by atoms with Crippen LogP contribution in [-0.4, -0.2) is 58.6 Å². The average molecular weight is 326 g/mol. The van der Waals surface area contributed by atoms with Gasteiger partial charge < -0.3 is 4.98 Å². The fourth-order valence-corrected chi connectivity index (χ4v) is 14.4. The maximum absolute atomic E-state index is 4.03. The zero-order valence-electron chi connectivity index (χ0n) is 15.6. The van der Waals surface area contributed by atoms with Crippen LogP contribution >= 0.6 is 0 Å². The maximum atomic E-state index is 4.03. The van der Waals surface area contributed by atoms with Crippen molar-refractivity contribution in [2.45, 2.75) is 80.2 Å². The molecule has 0 aliphatic heterocycles. The first-order valence-corrected chi connectivity index (χ1v) is 14.9. The molecule has 1 aliphatic rings. The van der Waals surface area contributed by atoms with E-state index in [9.17, 15) is 0 Å². The Morgan fingerprint density at radius 3 is 1.55 bits per heavy atom. The van der Waals surface area contributed by atoms with Crippen molar-refractivity contribution in [3.8, 4) is 0 Å². The first-order chi connectivity index (χ1) is 8.72. The number of hydrogen-bond donors (Lipinski definition) is 1. The molecule has 22 heavy (non-hydrogen) atoms. The van der Waals surface area contributed by atoms with E-state index < -0.39 is 15.3 Å². The number of hydrogen-bond acceptors (Lipinski definition) is 1. The normalized spacial score (nSPS) is 20.0. The van der Waals surface area contributed by atoms with Gasteiger partial charge in [0.05, 0.1) is 7.59 Å². The molecule has 1 atom stereocenters. The molecule has 0 aromatic carbocycles. The minimum absolute atomic E-state index is 0. The Morgan fingerprint density at radius 1 is 0.864 bits per heavy atom. The third-order valence-electron chi connectivity index (χ3n) is 5.56. The van der Waals surface area contributed by atoms with E-state index in [2.05, 4.69) is 79.6 Å². The van der Waals surface area contributed by atoms with Crippen molar-refractivity contribution in [2.24, 2.45) is 5.92 Å². The van der Waals surface area contributed by atoms with Gasteiger partial charge in [0.25, 0.3) is 0 Å². The molecule has 0 bridgehead atoms. The summed E-state index contributed by atoms with van der Waals surface area (Å²) in [4.78, 5) is 4.03. The molecule has 0 saturated carbocycles. The molecule has 1 unspecified atom stereocenters. The van der Waals surface area contributed by atoms with E-state index in [1.807, 2.05) is 0 Å². The average Bonchev–Trinajstić information content (AvgIpc) is 2.39. The van der Waals surface area contributed by atoms with Gasteiger partial charge in [0.15, 0.2) is 0 Å². The molecule has 1 rings (SSSR count). The Labute approximate surface area is 165 Å². The molecule has 0 radical (unpaired) electrons. The summed E-state index contributed by atoms with van der Waals surface area (Å²) in [6.07, 6.45) is 0. The van der Waals surface area contributed by atoms with Crippen molar-refractivity contribution in [1.82, 2.24) is 4.98 Å². The van der Waals surface area contributed by atoms with Crippen LogP contribution in [0.2, 0.25) is 26.2 Å². The summed E-state index contributed by atoms with van der Waals surface area (Å²) in [5.41, 5.74) is 4.96. The van der Waals surface area contributed by atoms with Crippen LogP contribution in [-0.2, 0) is 0 Å². The molecule has 0 aromatic heterocycles. The van der Waals surface area contributed by atoms with Crippen molar-refractivity contribution >= 4 is 53.1 Å². The van der Waals surface area contributed by atoms with Crippen LogP contribution in [0.4, 0.5) is 0 Å². The van der Waals surface area contributed by atoms with Gasteiger partial charge in [-0.15, -0.1) is 0 Å². The molecule has 5 heteroatoms. The van der Waals surface area contributed by atoms with Gasteiger partial charge in [0, 0.05) is 5.54 Å². The van der Waals surface area contributed by atoms with E-state index in [0.29, 0.717) is 5.92 Å².